The number of rotatable bonds is 3. The molecule has 1 atom stereocenters. The van der Waals surface area contributed by atoms with E-state index in [1.807, 2.05) is 0 Å². The van der Waals surface area contributed by atoms with Crippen molar-refractivity contribution in [3.63, 3.8) is 0 Å². The molecule has 1 aliphatic rings. The van der Waals surface area contributed by atoms with E-state index in [0.717, 1.165) is 30.5 Å². The normalized spacial score (nSPS) is 18.3. The summed E-state index contributed by atoms with van der Waals surface area (Å²) in [6.45, 7) is 1.78. The van der Waals surface area contributed by atoms with E-state index in [0.29, 0.717) is 12.0 Å². The molecule has 3 rings (SSSR count). The molecule has 1 saturated heterocycles. The molecule has 2 aromatic carbocycles. The Balaban J connectivity index is 1.92. The number of benzene rings is 2. The third-order valence-electron chi connectivity index (χ3n) is 4.23. The van der Waals surface area contributed by atoms with Gasteiger partial charge in [-0.15, -0.1) is 0 Å². The molecular weight excluding hydrogens is 314 g/mol. The summed E-state index contributed by atoms with van der Waals surface area (Å²) in [5.41, 5.74) is 1.38. The predicted molar refractivity (Wildman–Crippen MR) is 87.0 cm³/mol. The molecule has 3 heteroatoms. The molecule has 1 heterocycles. The van der Waals surface area contributed by atoms with Crippen LogP contribution in [-0.2, 0) is 4.74 Å². The summed E-state index contributed by atoms with van der Waals surface area (Å²) < 4.78 is 6.61. The second kappa shape index (κ2) is 6.25. The van der Waals surface area contributed by atoms with Gasteiger partial charge in [0.2, 0.25) is 0 Å². The van der Waals surface area contributed by atoms with Crippen molar-refractivity contribution in [3.05, 3.63) is 46.4 Å². The lowest BCUT2D eigenvalue weighted by Gasteiger charge is -2.30. The fraction of sp³-hybridized carbons (Fsp3) is 0.412. The van der Waals surface area contributed by atoms with Crippen molar-refractivity contribution in [1.29, 1.82) is 0 Å². The van der Waals surface area contributed by atoms with Gasteiger partial charge < -0.3 is 10.1 Å². The third kappa shape index (κ3) is 2.90. The highest BCUT2D eigenvalue weighted by Gasteiger charge is 2.24. The van der Waals surface area contributed by atoms with Crippen LogP contribution >= 0.6 is 15.9 Å². The monoisotopic (exact) mass is 333 g/mol. The van der Waals surface area contributed by atoms with Crippen LogP contribution in [0.2, 0.25) is 0 Å². The summed E-state index contributed by atoms with van der Waals surface area (Å²) >= 11 is 3.53. The Morgan fingerprint density at radius 3 is 2.55 bits per heavy atom. The lowest BCUT2D eigenvalue weighted by molar-refractivity contribution is 0.0546. The predicted octanol–water partition coefficient (Wildman–Crippen LogP) is 4.29. The fourth-order valence-electron chi connectivity index (χ4n) is 3.15. The van der Waals surface area contributed by atoms with Crippen molar-refractivity contribution in [2.45, 2.75) is 18.9 Å². The van der Waals surface area contributed by atoms with E-state index in [4.69, 9.17) is 4.74 Å². The Morgan fingerprint density at radius 2 is 1.80 bits per heavy atom. The summed E-state index contributed by atoms with van der Waals surface area (Å²) in [5, 5.41) is 6.09. The minimum Gasteiger partial charge on any atom is -0.381 e. The van der Waals surface area contributed by atoms with Gasteiger partial charge in [0.15, 0.2) is 0 Å². The average molecular weight is 334 g/mol. The summed E-state index contributed by atoms with van der Waals surface area (Å²) in [4.78, 5) is 0. The number of fused-ring (bicyclic) bond motifs is 1. The second-order valence-corrected chi connectivity index (χ2v) is 6.38. The topological polar surface area (TPSA) is 21.3 Å². The number of ether oxygens (including phenoxy) is 1. The Bertz CT molecular complexity index is 593. The van der Waals surface area contributed by atoms with Gasteiger partial charge in [0, 0.05) is 23.7 Å². The van der Waals surface area contributed by atoms with Gasteiger partial charge in [-0.05, 0) is 60.3 Å². The van der Waals surface area contributed by atoms with Crippen LogP contribution in [0.1, 0.15) is 24.4 Å². The van der Waals surface area contributed by atoms with Crippen LogP contribution in [0, 0.1) is 5.92 Å². The van der Waals surface area contributed by atoms with Gasteiger partial charge in [-0.1, -0.05) is 34.1 Å². The molecular formula is C17H20BrNO. The highest BCUT2D eigenvalue weighted by atomic mass is 79.9. The summed E-state index contributed by atoms with van der Waals surface area (Å²) in [7, 11) is 2.06. The first-order valence-corrected chi connectivity index (χ1v) is 8.01. The van der Waals surface area contributed by atoms with Crippen LogP contribution in [0.25, 0.3) is 10.8 Å². The fourth-order valence-corrected chi connectivity index (χ4v) is 3.53. The quantitative estimate of drug-likeness (QED) is 0.904. The zero-order valence-corrected chi connectivity index (χ0v) is 13.3. The first-order valence-electron chi connectivity index (χ1n) is 7.22. The van der Waals surface area contributed by atoms with Crippen LogP contribution in [-0.4, -0.2) is 20.3 Å². The molecule has 0 aliphatic carbocycles. The van der Waals surface area contributed by atoms with E-state index < -0.39 is 0 Å². The number of hydrogen-bond acceptors (Lipinski definition) is 2. The Kier molecular flexibility index (Phi) is 4.39. The van der Waals surface area contributed by atoms with Crippen LogP contribution in [0.5, 0.6) is 0 Å². The average Bonchev–Trinajstić information content (AvgIpc) is 2.49. The van der Waals surface area contributed by atoms with E-state index in [2.05, 4.69) is 64.7 Å². The molecule has 106 valence electrons. The SMILES string of the molecule is CNC(c1ccc2cc(Br)ccc2c1)C1CCOCC1. The zero-order valence-electron chi connectivity index (χ0n) is 11.7. The lowest BCUT2D eigenvalue weighted by atomic mass is 9.86. The Labute approximate surface area is 128 Å². The van der Waals surface area contributed by atoms with E-state index in [1.54, 1.807) is 0 Å². The molecule has 1 aliphatic heterocycles. The summed E-state index contributed by atoms with van der Waals surface area (Å²) in [6, 6.07) is 13.7. The second-order valence-electron chi connectivity index (χ2n) is 5.47. The molecule has 1 unspecified atom stereocenters. The number of nitrogens with one attached hydrogen (secondary N) is 1. The first kappa shape index (κ1) is 14.1. The number of halogens is 1. The Morgan fingerprint density at radius 1 is 1.10 bits per heavy atom. The highest BCUT2D eigenvalue weighted by Crippen LogP contribution is 2.31. The standard InChI is InChI=1S/C17H20BrNO/c1-19-17(12-6-8-20-9-7-12)15-3-2-14-11-16(18)5-4-13(14)10-15/h2-5,10-12,17,19H,6-9H2,1H3. The van der Waals surface area contributed by atoms with E-state index in [-0.39, 0.29) is 0 Å². The van der Waals surface area contributed by atoms with Gasteiger partial charge in [-0.25, -0.2) is 0 Å². The van der Waals surface area contributed by atoms with E-state index >= 15 is 0 Å². The molecule has 20 heavy (non-hydrogen) atoms. The maximum Gasteiger partial charge on any atom is 0.0469 e. The highest BCUT2D eigenvalue weighted by molar-refractivity contribution is 9.10. The van der Waals surface area contributed by atoms with Gasteiger partial charge in [0.25, 0.3) is 0 Å². The van der Waals surface area contributed by atoms with Gasteiger partial charge in [0.1, 0.15) is 0 Å². The van der Waals surface area contributed by atoms with Gasteiger partial charge in [0.05, 0.1) is 0 Å². The lowest BCUT2D eigenvalue weighted by Crippen LogP contribution is -2.29. The van der Waals surface area contributed by atoms with Crippen molar-refractivity contribution in [2.24, 2.45) is 5.92 Å². The molecule has 1 fully saturated rings. The van der Waals surface area contributed by atoms with Crippen molar-refractivity contribution in [3.8, 4) is 0 Å². The summed E-state index contributed by atoms with van der Waals surface area (Å²) in [6.07, 6.45) is 2.29. The maximum absolute atomic E-state index is 5.48. The summed E-state index contributed by atoms with van der Waals surface area (Å²) in [5.74, 6) is 0.668. The van der Waals surface area contributed by atoms with Crippen molar-refractivity contribution >= 4 is 26.7 Å². The largest absolute Gasteiger partial charge is 0.381 e. The molecule has 0 radical (unpaired) electrons. The maximum atomic E-state index is 5.48. The van der Waals surface area contributed by atoms with Crippen LogP contribution in [0.3, 0.4) is 0 Å². The van der Waals surface area contributed by atoms with Crippen molar-refractivity contribution < 1.29 is 4.74 Å². The van der Waals surface area contributed by atoms with E-state index in [9.17, 15) is 0 Å². The molecule has 1 N–H and O–H groups in total. The van der Waals surface area contributed by atoms with Crippen LogP contribution in [0.4, 0.5) is 0 Å². The molecule has 2 aromatic rings. The Hall–Kier alpha value is -0.900. The molecule has 2 nitrogen and oxygen atoms in total. The van der Waals surface area contributed by atoms with Gasteiger partial charge in [-0.2, -0.15) is 0 Å². The van der Waals surface area contributed by atoms with Crippen LogP contribution < -0.4 is 5.32 Å². The van der Waals surface area contributed by atoms with Gasteiger partial charge >= 0.3 is 0 Å². The number of hydrogen-bond donors (Lipinski definition) is 1. The first-order chi connectivity index (χ1) is 9.78. The van der Waals surface area contributed by atoms with Crippen molar-refractivity contribution in [2.75, 3.05) is 20.3 Å². The van der Waals surface area contributed by atoms with Crippen molar-refractivity contribution in [1.82, 2.24) is 5.32 Å². The zero-order chi connectivity index (χ0) is 13.9. The van der Waals surface area contributed by atoms with E-state index in [1.165, 1.54) is 16.3 Å². The third-order valence-corrected chi connectivity index (χ3v) is 4.73. The molecule has 0 spiro atoms. The molecule has 0 bridgehead atoms. The van der Waals surface area contributed by atoms with Crippen LogP contribution in [0.15, 0.2) is 40.9 Å². The minimum absolute atomic E-state index is 0.423. The molecule has 0 amide bonds. The van der Waals surface area contributed by atoms with Gasteiger partial charge in [-0.3, -0.25) is 0 Å². The molecule has 0 saturated carbocycles. The minimum atomic E-state index is 0.423. The molecule has 0 aromatic heterocycles. The smallest absolute Gasteiger partial charge is 0.0469 e.